The van der Waals surface area contributed by atoms with Gasteiger partial charge in [-0.15, -0.1) is 11.6 Å². The van der Waals surface area contributed by atoms with Crippen molar-refractivity contribution in [3.63, 3.8) is 0 Å². The first kappa shape index (κ1) is 10.6. The normalized spacial score (nSPS) is 13.5. The first-order chi connectivity index (χ1) is 4.81. The van der Waals surface area contributed by atoms with Gasteiger partial charge in [-0.1, -0.05) is 0 Å². The molecule has 0 saturated carbocycles. The van der Waals surface area contributed by atoms with Crippen molar-refractivity contribution in [2.45, 2.75) is 0 Å². The molecule has 4 nitrogen and oxygen atoms in total. The lowest BCUT2D eigenvalue weighted by atomic mass is 10.8. The van der Waals surface area contributed by atoms with Crippen LogP contribution in [0.15, 0.2) is 0 Å². The van der Waals surface area contributed by atoms with Gasteiger partial charge in [0.25, 0.3) is 0 Å². The highest BCUT2D eigenvalue weighted by Crippen LogP contribution is 2.31. The van der Waals surface area contributed by atoms with Gasteiger partial charge < -0.3 is 19.0 Å². The molecule has 0 amide bonds. The summed E-state index contributed by atoms with van der Waals surface area (Å²) in [6, 6.07) is 0. The van der Waals surface area contributed by atoms with Crippen LogP contribution in [-0.4, -0.2) is 35.7 Å². The number of hydrogen-bond acceptors (Lipinski definition) is 4. The van der Waals surface area contributed by atoms with Gasteiger partial charge in [0.15, 0.2) is 0 Å². The molecule has 0 saturated heterocycles. The van der Waals surface area contributed by atoms with Crippen molar-refractivity contribution in [2.24, 2.45) is 0 Å². The van der Waals surface area contributed by atoms with Crippen molar-refractivity contribution in [2.75, 3.05) is 25.7 Å². The van der Waals surface area contributed by atoms with E-state index in [9.17, 15) is 0 Å². The summed E-state index contributed by atoms with van der Waals surface area (Å²) in [6.07, 6.45) is 0. The number of halogens is 1. The van der Waals surface area contributed by atoms with Crippen LogP contribution in [0.2, 0.25) is 0 Å². The maximum Gasteiger partial charge on any atom is 0.329 e. The van der Waals surface area contributed by atoms with Gasteiger partial charge in [-0.3, -0.25) is 0 Å². The molecule has 0 rings (SSSR count). The van der Waals surface area contributed by atoms with Crippen molar-refractivity contribution in [1.29, 1.82) is 0 Å². The standard InChI is InChI=1S/C4H10ClO4P/c5-1-3-8-10(7)9-4-2-6/h6-7H,1-4H2. The van der Waals surface area contributed by atoms with E-state index >= 15 is 0 Å². The van der Waals surface area contributed by atoms with Crippen molar-refractivity contribution in [3.05, 3.63) is 0 Å². The zero-order chi connectivity index (χ0) is 7.82. The maximum atomic E-state index is 8.76. The van der Waals surface area contributed by atoms with E-state index in [-0.39, 0.29) is 19.8 Å². The van der Waals surface area contributed by atoms with Gasteiger partial charge in [0.05, 0.1) is 19.8 Å². The topological polar surface area (TPSA) is 58.9 Å². The van der Waals surface area contributed by atoms with Crippen molar-refractivity contribution in [3.8, 4) is 0 Å². The molecular weight excluding hydrogens is 178 g/mol. The molecule has 6 heteroatoms. The minimum Gasteiger partial charge on any atom is -0.394 e. The predicted octanol–water partition coefficient (Wildman–Crippen LogP) is 0.470. The minimum atomic E-state index is -1.84. The van der Waals surface area contributed by atoms with Crippen LogP contribution in [-0.2, 0) is 9.05 Å². The Hall–Kier alpha value is 0.560. The summed E-state index contributed by atoms with van der Waals surface area (Å²) in [4.78, 5) is 8.76. The molecule has 0 spiro atoms. The van der Waals surface area contributed by atoms with E-state index in [1.54, 1.807) is 0 Å². The van der Waals surface area contributed by atoms with Crippen molar-refractivity contribution < 1.29 is 19.0 Å². The molecule has 10 heavy (non-hydrogen) atoms. The highest BCUT2D eigenvalue weighted by atomic mass is 35.5. The largest absolute Gasteiger partial charge is 0.394 e. The average molecular weight is 189 g/mol. The van der Waals surface area contributed by atoms with E-state index in [2.05, 4.69) is 9.05 Å². The van der Waals surface area contributed by atoms with Crippen LogP contribution < -0.4 is 0 Å². The lowest BCUT2D eigenvalue weighted by Crippen LogP contribution is -1.98. The van der Waals surface area contributed by atoms with Gasteiger partial charge >= 0.3 is 8.60 Å². The van der Waals surface area contributed by atoms with Crippen LogP contribution in [0.25, 0.3) is 0 Å². The summed E-state index contributed by atoms with van der Waals surface area (Å²) >= 11 is 5.25. The molecular formula is C4H10ClO4P. The molecule has 0 aliphatic rings. The van der Waals surface area contributed by atoms with Gasteiger partial charge in [0.1, 0.15) is 0 Å². The Morgan fingerprint density at radius 2 is 1.90 bits per heavy atom. The van der Waals surface area contributed by atoms with Gasteiger partial charge in [0, 0.05) is 5.88 Å². The summed E-state index contributed by atoms with van der Waals surface area (Å²) in [6.45, 7) is 0.226. The van der Waals surface area contributed by atoms with E-state index in [0.29, 0.717) is 5.88 Å². The summed E-state index contributed by atoms with van der Waals surface area (Å²) in [5.41, 5.74) is 0. The second kappa shape index (κ2) is 7.66. The average Bonchev–Trinajstić information content (AvgIpc) is 1.97. The summed E-state index contributed by atoms with van der Waals surface area (Å²) < 4.78 is 9.23. The maximum absolute atomic E-state index is 8.76. The molecule has 0 aromatic carbocycles. The zero-order valence-corrected chi connectivity index (χ0v) is 7.01. The number of rotatable bonds is 6. The zero-order valence-electron chi connectivity index (χ0n) is 5.36. The molecule has 0 aliphatic carbocycles. The van der Waals surface area contributed by atoms with Crippen LogP contribution >= 0.6 is 20.2 Å². The van der Waals surface area contributed by atoms with Gasteiger partial charge in [-0.25, -0.2) is 0 Å². The third-order valence-electron chi connectivity index (χ3n) is 0.572. The molecule has 0 heterocycles. The van der Waals surface area contributed by atoms with Crippen LogP contribution in [0.3, 0.4) is 0 Å². The molecule has 0 aromatic rings. The molecule has 2 N–H and O–H groups in total. The lowest BCUT2D eigenvalue weighted by molar-refractivity contribution is 0.162. The molecule has 0 bridgehead atoms. The highest BCUT2D eigenvalue weighted by Gasteiger charge is 2.03. The Bertz CT molecular complexity index is 66.3. The van der Waals surface area contributed by atoms with Crippen LogP contribution in [0, 0.1) is 0 Å². The molecule has 62 valence electrons. The van der Waals surface area contributed by atoms with Crippen LogP contribution in [0.1, 0.15) is 0 Å². The fraction of sp³-hybridized carbons (Fsp3) is 1.00. The quantitative estimate of drug-likeness (QED) is 0.470. The first-order valence-electron chi connectivity index (χ1n) is 2.73. The molecule has 0 aliphatic heterocycles. The molecule has 0 fully saturated rings. The van der Waals surface area contributed by atoms with Crippen molar-refractivity contribution >= 4 is 20.2 Å². The summed E-state index contributed by atoms with van der Waals surface area (Å²) in [7, 11) is -1.84. The third kappa shape index (κ3) is 6.68. The lowest BCUT2D eigenvalue weighted by Gasteiger charge is -2.07. The van der Waals surface area contributed by atoms with Gasteiger partial charge in [-0.05, 0) is 0 Å². The molecule has 0 aromatic heterocycles. The van der Waals surface area contributed by atoms with Crippen LogP contribution in [0.4, 0.5) is 0 Å². The predicted molar refractivity (Wildman–Crippen MR) is 38.8 cm³/mol. The van der Waals surface area contributed by atoms with E-state index < -0.39 is 8.60 Å². The van der Waals surface area contributed by atoms with E-state index in [0.717, 1.165) is 0 Å². The SMILES string of the molecule is OCCOP(O)OCCCl. The fourth-order valence-corrected chi connectivity index (χ4v) is 1.01. The number of alkyl halides is 1. The molecule has 1 unspecified atom stereocenters. The van der Waals surface area contributed by atoms with E-state index in [1.165, 1.54) is 0 Å². The van der Waals surface area contributed by atoms with Gasteiger partial charge in [0.2, 0.25) is 0 Å². The second-order valence-corrected chi connectivity index (χ2v) is 2.69. The Labute approximate surface area is 65.7 Å². The first-order valence-corrected chi connectivity index (χ1v) is 4.39. The van der Waals surface area contributed by atoms with Crippen molar-refractivity contribution in [1.82, 2.24) is 0 Å². The fourth-order valence-electron chi connectivity index (χ4n) is 0.269. The van der Waals surface area contributed by atoms with Gasteiger partial charge in [-0.2, -0.15) is 0 Å². The number of aliphatic hydroxyl groups is 1. The summed E-state index contributed by atoms with van der Waals surface area (Å²) in [5.74, 6) is 0.321. The molecule has 0 radical (unpaired) electrons. The Balaban J connectivity index is 3.00. The summed E-state index contributed by atoms with van der Waals surface area (Å²) in [5, 5.41) is 8.23. The molecule has 1 atom stereocenters. The monoisotopic (exact) mass is 188 g/mol. The van der Waals surface area contributed by atoms with Crippen LogP contribution in [0.5, 0.6) is 0 Å². The minimum absolute atomic E-state index is 0.0878. The number of aliphatic hydroxyl groups excluding tert-OH is 1. The van der Waals surface area contributed by atoms with E-state index in [4.69, 9.17) is 21.6 Å². The third-order valence-corrected chi connectivity index (χ3v) is 1.53. The Morgan fingerprint density at radius 3 is 2.40 bits per heavy atom. The number of hydrogen-bond donors (Lipinski definition) is 2. The van der Waals surface area contributed by atoms with E-state index in [1.807, 2.05) is 0 Å². The second-order valence-electron chi connectivity index (χ2n) is 1.32. The highest BCUT2D eigenvalue weighted by molar-refractivity contribution is 7.40. The Kier molecular flexibility index (Phi) is 8.09. The Morgan fingerprint density at radius 1 is 1.30 bits per heavy atom. The smallest absolute Gasteiger partial charge is 0.329 e.